The summed E-state index contributed by atoms with van der Waals surface area (Å²) in [5.41, 5.74) is 5.09. The molecular weight excluding hydrogens is 499 g/mol. The number of aromatic nitrogens is 7. The van der Waals surface area contributed by atoms with Crippen molar-refractivity contribution >= 4 is 22.8 Å². The molecule has 0 bridgehead atoms. The van der Waals surface area contributed by atoms with Crippen LogP contribution in [0.5, 0.6) is 0 Å². The van der Waals surface area contributed by atoms with Crippen LogP contribution in [0.4, 0.5) is 15.9 Å². The fraction of sp³-hybridized carbons (Fsp3) is 0.222. The monoisotopic (exact) mass is 522 g/mol. The number of nitrogens with one attached hydrogen (secondary N) is 1. The molecule has 0 radical (unpaired) electrons. The van der Waals surface area contributed by atoms with Gasteiger partial charge in [0.05, 0.1) is 40.5 Å². The molecular formula is C27H23FN10O. The summed E-state index contributed by atoms with van der Waals surface area (Å²) in [5.74, 6) is 0.783. The number of nitrogens with zero attached hydrogens (tertiary/aromatic N) is 9. The van der Waals surface area contributed by atoms with Crippen LogP contribution in [0.1, 0.15) is 34.4 Å². The Bertz CT molecular complexity index is 1750. The molecule has 194 valence electrons. The van der Waals surface area contributed by atoms with Gasteiger partial charge < -0.3 is 5.32 Å². The number of pyridine rings is 2. The topological polar surface area (TPSA) is 130 Å². The van der Waals surface area contributed by atoms with E-state index in [4.69, 9.17) is 4.98 Å². The second-order valence-corrected chi connectivity index (χ2v) is 9.45. The lowest BCUT2D eigenvalue weighted by molar-refractivity contribution is 0.0578. The Hall–Kier alpha value is -5.02. The van der Waals surface area contributed by atoms with E-state index in [0.717, 1.165) is 22.5 Å². The highest BCUT2D eigenvalue weighted by atomic mass is 19.1. The molecule has 11 nitrogen and oxygen atoms in total. The Kier molecular flexibility index (Phi) is 6.05. The van der Waals surface area contributed by atoms with E-state index in [1.54, 1.807) is 35.8 Å². The Balaban J connectivity index is 1.26. The molecule has 1 N–H and O–H groups in total. The summed E-state index contributed by atoms with van der Waals surface area (Å²) in [6.45, 7) is 4.74. The molecule has 12 heteroatoms. The molecule has 0 saturated carbocycles. The van der Waals surface area contributed by atoms with Gasteiger partial charge in [-0.3, -0.25) is 9.69 Å². The summed E-state index contributed by atoms with van der Waals surface area (Å²) in [6, 6.07) is 14.7. The van der Waals surface area contributed by atoms with Crippen molar-refractivity contribution < 1.29 is 9.18 Å². The molecule has 6 heterocycles. The van der Waals surface area contributed by atoms with E-state index < -0.39 is 6.17 Å². The predicted octanol–water partition coefficient (Wildman–Crippen LogP) is 3.65. The highest BCUT2D eigenvalue weighted by Gasteiger charge is 2.26. The van der Waals surface area contributed by atoms with Gasteiger partial charge in [0, 0.05) is 30.9 Å². The lowest BCUT2D eigenvalue weighted by Crippen LogP contribution is -2.47. The molecule has 0 spiro atoms. The first kappa shape index (κ1) is 24.3. The lowest BCUT2D eigenvalue weighted by Gasteiger charge is -2.33. The summed E-state index contributed by atoms with van der Waals surface area (Å²) < 4.78 is 16.3. The molecule has 0 unspecified atom stereocenters. The van der Waals surface area contributed by atoms with Crippen LogP contribution in [-0.2, 0) is 6.54 Å². The van der Waals surface area contributed by atoms with E-state index in [1.165, 1.54) is 11.6 Å². The number of Topliss-reactive ketones (excluding diaryl/α,β-unsaturated/α-hetero) is 1. The third kappa shape index (κ3) is 4.71. The number of carbonyl (C=O) groups is 1. The van der Waals surface area contributed by atoms with Crippen LogP contribution in [0.3, 0.4) is 0 Å². The molecule has 0 aliphatic carbocycles. The molecule has 5 aromatic heterocycles. The SMILES string of the molecule is CC(=O)c1ccc(-c2cnn3cc(Nc4ccc(CN5CC(F)C5)nn4)ccc23)nc1-n1nc(C#N)cc1C. The molecule has 0 atom stereocenters. The first-order chi connectivity index (χ1) is 18.9. The van der Waals surface area contributed by atoms with E-state index in [2.05, 4.69) is 25.7 Å². The maximum Gasteiger partial charge on any atom is 0.165 e. The third-order valence-corrected chi connectivity index (χ3v) is 6.54. The predicted molar refractivity (Wildman–Crippen MR) is 140 cm³/mol. The van der Waals surface area contributed by atoms with Crippen molar-refractivity contribution in [3.8, 4) is 23.1 Å². The Labute approximate surface area is 222 Å². The molecule has 39 heavy (non-hydrogen) atoms. The van der Waals surface area contributed by atoms with Gasteiger partial charge in [-0.2, -0.15) is 20.6 Å². The van der Waals surface area contributed by atoms with Gasteiger partial charge in [-0.25, -0.2) is 18.6 Å². The van der Waals surface area contributed by atoms with E-state index in [9.17, 15) is 14.4 Å². The van der Waals surface area contributed by atoms with Crippen molar-refractivity contribution in [1.29, 1.82) is 5.26 Å². The zero-order valence-electron chi connectivity index (χ0n) is 21.2. The smallest absolute Gasteiger partial charge is 0.165 e. The normalized spacial score (nSPS) is 13.8. The molecule has 1 aliphatic rings. The second kappa shape index (κ2) is 9.70. The summed E-state index contributed by atoms with van der Waals surface area (Å²) in [6.07, 6.45) is 2.80. The number of aryl methyl sites for hydroxylation is 1. The second-order valence-electron chi connectivity index (χ2n) is 9.45. The van der Waals surface area contributed by atoms with Crippen LogP contribution < -0.4 is 5.32 Å². The number of hydrogen-bond acceptors (Lipinski definition) is 9. The molecule has 5 aromatic rings. The van der Waals surface area contributed by atoms with Crippen molar-refractivity contribution in [3.63, 3.8) is 0 Å². The summed E-state index contributed by atoms with van der Waals surface area (Å²) in [4.78, 5) is 19.1. The highest BCUT2D eigenvalue weighted by Crippen LogP contribution is 2.28. The number of carbonyl (C=O) groups excluding carboxylic acids is 1. The third-order valence-electron chi connectivity index (χ3n) is 6.54. The van der Waals surface area contributed by atoms with Gasteiger partial charge in [0.15, 0.2) is 23.1 Å². The van der Waals surface area contributed by atoms with Gasteiger partial charge >= 0.3 is 0 Å². The molecule has 0 aromatic carbocycles. The van der Waals surface area contributed by atoms with E-state index in [1.807, 2.05) is 41.4 Å². The van der Waals surface area contributed by atoms with Gasteiger partial charge in [-0.15, -0.1) is 5.10 Å². The van der Waals surface area contributed by atoms with Gasteiger partial charge in [0.2, 0.25) is 0 Å². The van der Waals surface area contributed by atoms with E-state index in [-0.39, 0.29) is 11.5 Å². The molecule has 1 aliphatic heterocycles. The van der Waals surface area contributed by atoms with Crippen LogP contribution >= 0.6 is 0 Å². The molecule has 1 fully saturated rings. The Morgan fingerprint density at radius 3 is 2.72 bits per heavy atom. The quantitative estimate of drug-likeness (QED) is 0.318. The fourth-order valence-corrected chi connectivity index (χ4v) is 4.56. The number of likely N-dealkylation sites (tertiary alicyclic amines) is 1. The van der Waals surface area contributed by atoms with Gasteiger partial charge in [-0.05, 0) is 56.3 Å². The Morgan fingerprint density at radius 1 is 1.18 bits per heavy atom. The summed E-state index contributed by atoms with van der Waals surface area (Å²) in [5, 5.41) is 29.7. The molecule has 6 rings (SSSR count). The van der Waals surface area contributed by atoms with E-state index in [0.29, 0.717) is 48.2 Å². The molecule has 0 amide bonds. The van der Waals surface area contributed by atoms with Crippen molar-refractivity contribution in [1.82, 2.24) is 39.5 Å². The fourth-order valence-electron chi connectivity index (χ4n) is 4.56. The number of hydrogen-bond donors (Lipinski definition) is 1. The maximum atomic E-state index is 13.0. The zero-order chi connectivity index (χ0) is 27.1. The lowest BCUT2D eigenvalue weighted by atomic mass is 10.1. The first-order valence-electron chi connectivity index (χ1n) is 12.3. The minimum atomic E-state index is -0.743. The maximum absolute atomic E-state index is 13.0. The minimum absolute atomic E-state index is 0.155. The van der Waals surface area contributed by atoms with Crippen LogP contribution in [0.2, 0.25) is 0 Å². The van der Waals surface area contributed by atoms with Crippen LogP contribution in [0.15, 0.2) is 54.9 Å². The van der Waals surface area contributed by atoms with Crippen molar-refractivity contribution in [2.75, 3.05) is 18.4 Å². The van der Waals surface area contributed by atoms with Crippen molar-refractivity contribution in [2.24, 2.45) is 0 Å². The highest BCUT2D eigenvalue weighted by molar-refractivity contribution is 5.97. The average molecular weight is 523 g/mol. The van der Waals surface area contributed by atoms with Crippen molar-refractivity contribution in [2.45, 2.75) is 26.6 Å². The summed E-state index contributed by atoms with van der Waals surface area (Å²) >= 11 is 0. The molecule has 1 saturated heterocycles. The number of anilines is 2. The minimum Gasteiger partial charge on any atom is -0.337 e. The first-order valence-corrected chi connectivity index (χ1v) is 12.3. The van der Waals surface area contributed by atoms with Crippen LogP contribution in [0.25, 0.3) is 22.6 Å². The van der Waals surface area contributed by atoms with E-state index >= 15 is 0 Å². The number of rotatable bonds is 7. The number of fused-ring (bicyclic) bond motifs is 1. The van der Waals surface area contributed by atoms with Crippen LogP contribution in [0, 0.1) is 18.3 Å². The van der Waals surface area contributed by atoms with Gasteiger partial charge in [-0.1, -0.05) is 0 Å². The van der Waals surface area contributed by atoms with Gasteiger partial charge in [0.1, 0.15) is 12.2 Å². The number of ketones is 1. The average Bonchev–Trinajstić information content (AvgIpc) is 3.51. The number of alkyl halides is 1. The van der Waals surface area contributed by atoms with Gasteiger partial charge in [0.25, 0.3) is 0 Å². The standard InChI is InChI=1S/C27H23FN10O/c1-16-9-21(10-29)35-38(16)27-22(17(2)39)5-6-24(32-27)23-11-30-37-15-19(3-7-25(23)37)31-26-8-4-20(33-34-26)14-36-12-18(28)13-36/h3-9,11,15,18H,12-14H2,1-2H3,(H,31,34). The Morgan fingerprint density at radius 2 is 2.03 bits per heavy atom. The van der Waals surface area contributed by atoms with Crippen molar-refractivity contribution in [3.05, 3.63) is 77.5 Å². The summed E-state index contributed by atoms with van der Waals surface area (Å²) in [7, 11) is 0. The number of halogens is 1. The largest absolute Gasteiger partial charge is 0.337 e. The zero-order valence-corrected chi connectivity index (χ0v) is 21.2. The number of nitriles is 1. The van der Waals surface area contributed by atoms with Crippen LogP contribution in [-0.4, -0.2) is 64.5 Å².